The summed E-state index contributed by atoms with van der Waals surface area (Å²) in [5.74, 6) is -1.06. The van der Waals surface area contributed by atoms with Crippen molar-refractivity contribution in [2.45, 2.75) is 39.2 Å². The Labute approximate surface area is 95.9 Å². The van der Waals surface area contributed by atoms with E-state index in [0.717, 1.165) is 12.8 Å². The van der Waals surface area contributed by atoms with E-state index in [0.29, 0.717) is 6.54 Å². The summed E-state index contributed by atoms with van der Waals surface area (Å²) in [6, 6.07) is -0.714. The van der Waals surface area contributed by atoms with Gasteiger partial charge in [0.25, 0.3) is 0 Å². The quantitative estimate of drug-likeness (QED) is 0.743. The highest BCUT2D eigenvalue weighted by atomic mass is 16.4. The van der Waals surface area contributed by atoms with Crippen molar-refractivity contribution in [3.05, 3.63) is 12.7 Å². The Morgan fingerprint density at radius 3 is 2.69 bits per heavy atom. The molecule has 0 saturated carbocycles. The Morgan fingerprint density at radius 1 is 1.56 bits per heavy atom. The van der Waals surface area contributed by atoms with E-state index < -0.39 is 12.0 Å². The van der Waals surface area contributed by atoms with E-state index >= 15 is 0 Å². The first-order valence-corrected chi connectivity index (χ1v) is 5.53. The van der Waals surface area contributed by atoms with Gasteiger partial charge in [-0.1, -0.05) is 19.9 Å². The third kappa shape index (κ3) is 2.43. The standard InChI is InChI=1S/C12H19NO3/c1-4-6-9(14)13-8-5-7-12(2,3)10(13)11(15)16/h4,10H,1,5-8H2,2-3H3,(H,15,16). The molecule has 1 atom stereocenters. The van der Waals surface area contributed by atoms with E-state index in [1.807, 2.05) is 13.8 Å². The lowest BCUT2D eigenvalue weighted by Gasteiger charge is -2.43. The van der Waals surface area contributed by atoms with Crippen LogP contribution in [0.2, 0.25) is 0 Å². The predicted octanol–water partition coefficient (Wildman–Crippen LogP) is 1.66. The monoisotopic (exact) mass is 225 g/mol. The van der Waals surface area contributed by atoms with Gasteiger partial charge in [-0.05, 0) is 18.3 Å². The third-order valence-corrected chi connectivity index (χ3v) is 3.15. The first kappa shape index (κ1) is 12.7. The average molecular weight is 225 g/mol. The number of carboxylic acid groups (broad SMARTS) is 1. The van der Waals surface area contributed by atoms with Gasteiger partial charge in [0.2, 0.25) is 5.91 Å². The van der Waals surface area contributed by atoms with Gasteiger partial charge in [0.1, 0.15) is 6.04 Å². The third-order valence-electron chi connectivity index (χ3n) is 3.15. The van der Waals surface area contributed by atoms with E-state index in [2.05, 4.69) is 6.58 Å². The molecule has 0 bridgehead atoms. The molecule has 1 fully saturated rings. The lowest BCUT2D eigenvalue weighted by atomic mass is 9.76. The zero-order valence-electron chi connectivity index (χ0n) is 9.90. The zero-order chi connectivity index (χ0) is 12.3. The normalized spacial score (nSPS) is 23.9. The van der Waals surface area contributed by atoms with Gasteiger partial charge in [-0.3, -0.25) is 4.79 Å². The van der Waals surface area contributed by atoms with Gasteiger partial charge >= 0.3 is 5.97 Å². The molecule has 1 saturated heterocycles. The molecule has 0 aromatic carbocycles. The molecule has 0 spiro atoms. The van der Waals surface area contributed by atoms with Crippen molar-refractivity contribution in [1.82, 2.24) is 4.90 Å². The van der Waals surface area contributed by atoms with Crippen LogP contribution in [0.5, 0.6) is 0 Å². The number of carboxylic acids is 1. The van der Waals surface area contributed by atoms with Crippen LogP contribution in [-0.4, -0.2) is 34.5 Å². The fourth-order valence-corrected chi connectivity index (χ4v) is 2.37. The van der Waals surface area contributed by atoms with Crippen LogP contribution in [0.3, 0.4) is 0 Å². The van der Waals surface area contributed by atoms with E-state index in [1.54, 1.807) is 0 Å². The van der Waals surface area contributed by atoms with Crippen molar-refractivity contribution in [2.24, 2.45) is 5.41 Å². The highest BCUT2D eigenvalue weighted by molar-refractivity contribution is 5.85. The summed E-state index contributed by atoms with van der Waals surface area (Å²) in [5, 5.41) is 9.24. The molecule has 1 aliphatic rings. The Morgan fingerprint density at radius 2 is 2.19 bits per heavy atom. The van der Waals surface area contributed by atoms with Crippen molar-refractivity contribution in [3.8, 4) is 0 Å². The summed E-state index contributed by atoms with van der Waals surface area (Å²) >= 11 is 0. The number of carbonyl (C=O) groups is 2. The fourth-order valence-electron chi connectivity index (χ4n) is 2.37. The Bertz CT molecular complexity index is 309. The number of hydrogen-bond acceptors (Lipinski definition) is 2. The molecule has 1 amide bonds. The van der Waals surface area contributed by atoms with E-state index in [9.17, 15) is 14.7 Å². The summed E-state index contributed by atoms with van der Waals surface area (Å²) in [6.07, 6.45) is 3.42. The molecule has 4 nitrogen and oxygen atoms in total. The minimum Gasteiger partial charge on any atom is -0.480 e. The summed E-state index contributed by atoms with van der Waals surface area (Å²) < 4.78 is 0. The molecule has 1 heterocycles. The van der Waals surface area contributed by atoms with Crippen LogP contribution in [0, 0.1) is 5.41 Å². The topological polar surface area (TPSA) is 57.6 Å². The van der Waals surface area contributed by atoms with E-state index in [1.165, 1.54) is 11.0 Å². The second-order valence-electron chi connectivity index (χ2n) is 4.91. The van der Waals surface area contributed by atoms with Crippen LogP contribution in [0.25, 0.3) is 0 Å². The molecule has 0 aliphatic carbocycles. The molecule has 0 radical (unpaired) electrons. The molecule has 4 heteroatoms. The van der Waals surface area contributed by atoms with Crippen LogP contribution in [0.15, 0.2) is 12.7 Å². The summed E-state index contributed by atoms with van der Waals surface area (Å²) in [5.41, 5.74) is -0.360. The lowest BCUT2D eigenvalue weighted by molar-refractivity contribution is -0.158. The van der Waals surface area contributed by atoms with Crippen LogP contribution >= 0.6 is 0 Å². The van der Waals surface area contributed by atoms with Crippen LogP contribution < -0.4 is 0 Å². The SMILES string of the molecule is C=CCC(=O)N1CCCC(C)(C)C1C(=O)O. The van der Waals surface area contributed by atoms with Gasteiger partial charge in [-0.25, -0.2) is 4.79 Å². The van der Waals surface area contributed by atoms with Crippen LogP contribution in [0.4, 0.5) is 0 Å². The molecule has 16 heavy (non-hydrogen) atoms. The number of hydrogen-bond donors (Lipinski definition) is 1. The van der Waals surface area contributed by atoms with Gasteiger partial charge in [-0.15, -0.1) is 6.58 Å². The average Bonchev–Trinajstić information content (AvgIpc) is 2.15. The van der Waals surface area contributed by atoms with E-state index in [-0.39, 0.29) is 17.7 Å². The first-order chi connectivity index (χ1) is 7.40. The van der Waals surface area contributed by atoms with Crippen molar-refractivity contribution in [1.29, 1.82) is 0 Å². The maximum absolute atomic E-state index is 11.8. The number of nitrogens with zero attached hydrogens (tertiary/aromatic N) is 1. The van der Waals surface area contributed by atoms with E-state index in [4.69, 9.17) is 0 Å². The Hall–Kier alpha value is -1.32. The second-order valence-corrected chi connectivity index (χ2v) is 4.91. The number of rotatable bonds is 3. The smallest absolute Gasteiger partial charge is 0.326 e. The molecular formula is C12H19NO3. The first-order valence-electron chi connectivity index (χ1n) is 5.53. The largest absolute Gasteiger partial charge is 0.480 e. The molecule has 1 N–H and O–H groups in total. The summed E-state index contributed by atoms with van der Waals surface area (Å²) in [4.78, 5) is 24.5. The molecule has 1 aliphatic heterocycles. The summed E-state index contributed by atoms with van der Waals surface area (Å²) in [6.45, 7) is 7.85. The molecule has 1 rings (SSSR count). The van der Waals surface area contributed by atoms with Gasteiger partial charge in [0, 0.05) is 13.0 Å². The van der Waals surface area contributed by atoms with Crippen molar-refractivity contribution < 1.29 is 14.7 Å². The van der Waals surface area contributed by atoms with Gasteiger partial charge < -0.3 is 10.0 Å². The van der Waals surface area contributed by atoms with Crippen molar-refractivity contribution in [2.75, 3.05) is 6.54 Å². The van der Waals surface area contributed by atoms with Gasteiger partial charge in [0.15, 0.2) is 0 Å². The molecular weight excluding hydrogens is 206 g/mol. The number of carbonyl (C=O) groups excluding carboxylic acids is 1. The van der Waals surface area contributed by atoms with Crippen molar-refractivity contribution in [3.63, 3.8) is 0 Å². The fraction of sp³-hybridized carbons (Fsp3) is 0.667. The van der Waals surface area contributed by atoms with Crippen molar-refractivity contribution >= 4 is 11.9 Å². The Balaban J connectivity index is 2.93. The number of likely N-dealkylation sites (tertiary alicyclic amines) is 1. The number of piperidine rings is 1. The molecule has 90 valence electrons. The molecule has 1 unspecified atom stereocenters. The maximum atomic E-state index is 11.8. The summed E-state index contributed by atoms with van der Waals surface area (Å²) in [7, 11) is 0. The second kappa shape index (κ2) is 4.68. The van der Waals surface area contributed by atoms with Gasteiger partial charge in [-0.2, -0.15) is 0 Å². The number of aliphatic carboxylic acids is 1. The lowest BCUT2D eigenvalue weighted by Crippen LogP contribution is -2.56. The van der Waals surface area contributed by atoms with Crippen LogP contribution in [0.1, 0.15) is 33.1 Å². The zero-order valence-corrected chi connectivity index (χ0v) is 9.90. The Kier molecular flexibility index (Phi) is 3.73. The highest BCUT2D eigenvalue weighted by Crippen LogP contribution is 2.35. The highest BCUT2D eigenvalue weighted by Gasteiger charge is 2.43. The maximum Gasteiger partial charge on any atom is 0.326 e. The predicted molar refractivity (Wildman–Crippen MR) is 61.0 cm³/mol. The number of amides is 1. The minimum atomic E-state index is -0.915. The molecule has 0 aromatic heterocycles. The van der Waals surface area contributed by atoms with Crippen LogP contribution in [-0.2, 0) is 9.59 Å². The van der Waals surface area contributed by atoms with Gasteiger partial charge in [0.05, 0.1) is 0 Å². The molecule has 0 aromatic rings. The minimum absolute atomic E-state index is 0.143.